The van der Waals surface area contributed by atoms with Gasteiger partial charge in [0.2, 0.25) is 5.91 Å². The number of likely N-dealkylation sites (tertiary alicyclic amines) is 1. The molecule has 1 rings (SSSR count). The van der Waals surface area contributed by atoms with Crippen molar-refractivity contribution in [2.24, 2.45) is 5.92 Å². The Morgan fingerprint density at radius 2 is 2.00 bits per heavy atom. The van der Waals surface area contributed by atoms with Crippen LogP contribution in [0.2, 0.25) is 0 Å². The van der Waals surface area contributed by atoms with Gasteiger partial charge >= 0.3 is 0 Å². The van der Waals surface area contributed by atoms with Gasteiger partial charge in [0.15, 0.2) is 0 Å². The highest BCUT2D eigenvalue weighted by Crippen LogP contribution is 2.22. The number of carbonyl (C=O) groups is 1. The molecule has 0 aromatic heterocycles. The minimum atomic E-state index is 0.112. The number of hydrogen-bond acceptors (Lipinski definition) is 3. The first-order valence-corrected chi connectivity index (χ1v) is 5.30. The zero-order valence-electron chi connectivity index (χ0n) is 8.48. The van der Waals surface area contributed by atoms with Crippen LogP contribution in [0.1, 0.15) is 25.7 Å². The Hall–Kier alpha value is -0.610. The second-order valence-electron chi connectivity index (χ2n) is 3.75. The van der Waals surface area contributed by atoms with E-state index in [1.807, 2.05) is 4.90 Å². The van der Waals surface area contributed by atoms with E-state index in [1.165, 1.54) is 0 Å². The second-order valence-corrected chi connectivity index (χ2v) is 3.75. The zero-order chi connectivity index (χ0) is 10.4. The number of carbonyl (C=O) groups excluding carboxylic acids is 1. The second kappa shape index (κ2) is 5.98. The Morgan fingerprint density at radius 1 is 1.29 bits per heavy atom. The molecule has 1 atom stereocenters. The van der Waals surface area contributed by atoms with Crippen LogP contribution in [0.25, 0.3) is 0 Å². The van der Waals surface area contributed by atoms with E-state index in [0.29, 0.717) is 19.4 Å². The van der Waals surface area contributed by atoms with Gasteiger partial charge in [-0.25, -0.2) is 0 Å². The van der Waals surface area contributed by atoms with Crippen molar-refractivity contribution in [2.75, 3.05) is 26.3 Å². The highest BCUT2D eigenvalue weighted by atomic mass is 16.3. The molecule has 0 aliphatic carbocycles. The maximum atomic E-state index is 11.7. The number of rotatable bonds is 6. The molecule has 0 aromatic rings. The van der Waals surface area contributed by atoms with E-state index in [4.69, 9.17) is 10.2 Å². The van der Waals surface area contributed by atoms with Crippen molar-refractivity contribution in [2.45, 2.75) is 25.7 Å². The normalized spacial score (nSPS) is 22.0. The van der Waals surface area contributed by atoms with Crippen LogP contribution in [-0.2, 0) is 4.79 Å². The molecule has 0 radical (unpaired) electrons. The summed E-state index contributed by atoms with van der Waals surface area (Å²) in [5, 5.41) is 17.3. The third-order valence-corrected chi connectivity index (χ3v) is 2.71. The van der Waals surface area contributed by atoms with Crippen LogP contribution in [0.3, 0.4) is 0 Å². The lowest BCUT2D eigenvalue weighted by atomic mass is 10.0. The summed E-state index contributed by atoms with van der Waals surface area (Å²) in [6, 6.07) is 0. The van der Waals surface area contributed by atoms with Crippen molar-refractivity contribution in [1.82, 2.24) is 4.90 Å². The van der Waals surface area contributed by atoms with E-state index in [1.54, 1.807) is 0 Å². The van der Waals surface area contributed by atoms with Crippen molar-refractivity contribution < 1.29 is 15.0 Å². The number of aliphatic hydroxyl groups excluding tert-OH is 2. The first-order valence-electron chi connectivity index (χ1n) is 5.30. The molecule has 0 aromatic carbocycles. The average Bonchev–Trinajstić information content (AvgIpc) is 2.54. The van der Waals surface area contributed by atoms with E-state index < -0.39 is 0 Å². The van der Waals surface area contributed by atoms with Gasteiger partial charge < -0.3 is 15.1 Å². The molecule has 1 saturated heterocycles. The molecule has 1 heterocycles. The van der Waals surface area contributed by atoms with E-state index in [9.17, 15) is 4.79 Å². The average molecular weight is 201 g/mol. The summed E-state index contributed by atoms with van der Waals surface area (Å²) in [4.78, 5) is 13.5. The van der Waals surface area contributed by atoms with Crippen molar-refractivity contribution in [3.05, 3.63) is 0 Å². The van der Waals surface area contributed by atoms with Crippen molar-refractivity contribution >= 4 is 5.91 Å². The highest BCUT2D eigenvalue weighted by Gasteiger charge is 2.30. The lowest BCUT2D eigenvalue weighted by Crippen LogP contribution is -2.28. The van der Waals surface area contributed by atoms with Gasteiger partial charge in [0, 0.05) is 32.2 Å². The van der Waals surface area contributed by atoms with Gasteiger partial charge in [0.1, 0.15) is 0 Å². The van der Waals surface area contributed by atoms with E-state index in [2.05, 4.69) is 0 Å². The summed E-state index contributed by atoms with van der Waals surface area (Å²) < 4.78 is 0. The molecule has 14 heavy (non-hydrogen) atoms. The molecule has 0 saturated carbocycles. The molecule has 82 valence electrons. The lowest BCUT2D eigenvalue weighted by molar-refractivity contribution is -0.131. The van der Waals surface area contributed by atoms with Gasteiger partial charge in [-0.2, -0.15) is 0 Å². The molecule has 1 aliphatic heterocycles. The van der Waals surface area contributed by atoms with Crippen molar-refractivity contribution in [1.29, 1.82) is 0 Å². The predicted octanol–water partition coefficient (Wildman–Crippen LogP) is -0.0102. The Labute approximate surface area is 84.5 Å². The molecule has 1 fully saturated rings. The first kappa shape index (κ1) is 11.5. The summed E-state index contributed by atoms with van der Waals surface area (Å²) >= 11 is 0. The van der Waals surface area contributed by atoms with Crippen LogP contribution in [0.4, 0.5) is 0 Å². The third-order valence-electron chi connectivity index (χ3n) is 2.71. The molecular weight excluding hydrogens is 182 g/mol. The number of nitrogens with zero attached hydrogens (tertiary/aromatic N) is 1. The van der Waals surface area contributed by atoms with Crippen LogP contribution < -0.4 is 0 Å². The molecule has 0 bridgehead atoms. The molecule has 1 amide bonds. The molecule has 2 N–H and O–H groups in total. The Bertz CT molecular complexity index is 166. The number of hydrogen-bond donors (Lipinski definition) is 2. The summed E-state index contributed by atoms with van der Waals surface area (Å²) in [5.74, 6) is 0.313. The summed E-state index contributed by atoms with van der Waals surface area (Å²) in [5.41, 5.74) is 0. The van der Waals surface area contributed by atoms with Gasteiger partial charge in [-0.05, 0) is 25.7 Å². The fraction of sp³-hybridized carbons (Fsp3) is 0.900. The largest absolute Gasteiger partial charge is 0.396 e. The molecule has 4 heteroatoms. The van der Waals surface area contributed by atoms with Crippen molar-refractivity contribution in [3.8, 4) is 0 Å². The first-order chi connectivity index (χ1) is 6.79. The van der Waals surface area contributed by atoms with Crippen LogP contribution >= 0.6 is 0 Å². The Morgan fingerprint density at radius 3 is 2.64 bits per heavy atom. The smallest absolute Gasteiger partial charge is 0.225 e. The molecule has 1 unspecified atom stereocenters. The Kier molecular flexibility index (Phi) is 4.90. The summed E-state index contributed by atoms with van der Waals surface area (Å²) in [7, 11) is 0. The topological polar surface area (TPSA) is 60.8 Å². The lowest BCUT2D eigenvalue weighted by Gasteiger charge is -2.15. The van der Waals surface area contributed by atoms with Gasteiger partial charge in [0.25, 0.3) is 0 Å². The predicted molar refractivity (Wildman–Crippen MR) is 52.7 cm³/mol. The SMILES string of the molecule is O=C1C(CCCO)CCN1CCCO. The van der Waals surface area contributed by atoms with E-state index >= 15 is 0 Å². The minimum Gasteiger partial charge on any atom is -0.396 e. The fourth-order valence-corrected chi connectivity index (χ4v) is 1.89. The maximum Gasteiger partial charge on any atom is 0.225 e. The quantitative estimate of drug-likeness (QED) is 0.635. The Balaban J connectivity index is 2.28. The van der Waals surface area contributed by atoms with Gasteiger partial charge in [-0.1, -0.05) is 0 Å². The zero-order valence-corrected chi connectivity index (χ0v) is 8.48. The van der Waals surface area contributed by atoms with Crippen molar-refractivity contribution in [3.63, 3.8) is 0 Å². The summed E-state index contributed by atoms with van der Waals surface area (Å²) in [6.07, 6.45) is 3.08. The number of amides is 1. The minimum absolute atomic E-state index is 0.112. The monoisotopic (exact) mass is 201 g/mol. The fourth-order valence-electron chi connectivity index (χ4n) is 1.89. The van der Waals surface area contributed by atoms with E-state index in [-0.39, 0.29) is 25.0 Å². The van der Waals surface area contributed by atoms with Gasteiger partial charge in [0.05, 0.1) is 0 Å². The summed E-state index contributed by atoms with van der Waals surface area (Å²) in [6.45, 7) is 1.80. The maximum absolute atomic E-state index is 11.7. The molecular formula is C10H19NO3. The van der Waals surface area contributed by atoms with Crippen LogP contribution in [0.5, 0.6) is 0 Å². The number of aliphatic hydroxyl groups is 2. The van der Waals surface area contributed by atoms with E-state index in [0.717, 1.165) is 19.4 Å². The molecule has 0 spiro atoms. The third kappa shape index (κ3) is 2.96. The standard InChI is InChI=1S/C10H19NO3/c12-7-1-3-9-4-6-11(10(9)14)5-2-8-13/h9,12-13H,1-8H2. The van der Waals surface area contributed by atoms with Gasteiger partial charge in [-0.3, -0.25) is 4.79 Å². The van der Waals surface area contributed by atoms with Gasteiger partial charge in [-0.15, -0.1) is 0 Å². The van der Waals surface area contributed by atoms with Crippen LogP contribution in [0.15, 0.2) is 0 Å². The molecule has 1 aliphatic rings. The molecule has 4 nitrogen and oxygen atoms in total. The van der Waals surface area contributed by atoms with Crippen LogP contribution in [-0.4, -0.2) is 47.3 Å². The highest BCUT2D eigenvalue weighted by molar-refractivity contribution is 5.80. The van der Waals surface area contributed by atoms with Crippen LogP contribution in [0, 0.1) is 5.92 Å².